The summed E-state index contributed by atoms with van der Waals surface area (Å²) in [7, 11) is 0. The number of allylic oxidation sites excluding steroid dienone is 5. The van der Waals surface area contributed by atoms with Gasteiger partial charge in [0, 0.05) is 31.7 Å². The number of benzene rings is 1. The number of hydrogen-bond acceptors (Lipinski definition) is 5. The van der Waals surface area contributed by atoms with Crippen LogP contribution in [0.1, 0.15) is 16.8 Å². The van der Waals surface area contributed by atoms with Crippen molar-refractivity contribution in [3.8, 4) is 17.0 Å². The first-order chi connectivity index (χ1) is 16.0. The van der Waals surface area contributed by atoms with E-state index in [9.17, 15) is 9.59 Å². The average molecular weight is 443 g/mol. The summed E-state index contributed by atoms with van der Waals surface area (Å²) in [6.45, 7) is 6.01. The summed E-state index contributed by atoms with van der Waals surface area (Å²) in [5, 5.41) is 0. The normalized spacial score (nSPS) is 15.6. The van der Waals surface area contributed by atoms with E-state index >= 15 is 0 Å². The fourth-order valence-electron chi connectivity index (χ4n) is 3.77. The average Bonchev–Trinajstić information content (AvgIpc) is 3.12. The highest BCUT2D eigenvalue weighted by Gasteiger charge is 2.22. The molecule has 7 nitrogen and oxygen atoms in total. The summed E-state index contributed by atoms with van der Waals surface area (Å²) in [6, 6.07) is 10.9. The summed E-state index contributed by atoms with van der Waals surface area (Å²) < 4.78 is 5.92. The minimum absolute atomic E-state index is 0.0687. The molecule has 0 radical (unpaired) electrons. The smallest absolute Gasteiger partial charge is 0.250 e. The van der Waals surface area contributed by atoms with Gasteiger partial charge in [0.2, 0.25) is 5.91 Å². The second-order valence-electron chi connectivity index (χ2n) is 7.71. The number of piperazine rings is 1. The Kier molecular flexibility index (Phi) is 6.69. The van der Waals surface area contributed by atoms with E-state index < -0.39 is 5.91 Å². The van der Waals surface area contributed by atoms with E-state index in [1.807, 2.05) is 48.6 Å². The maximum Gasteiger partial charge on any atom is 0.250 e. The van der Waals surface area contributed by atoms with Crippen molar-refractivity contribution in [2.45, 2.75) is 6.42 Å². The molecule has 2 aliphatic rings. The van der Waals surface area contributed by atoms with Gasteiger partial charge in [0.15, 0.2) is 0 Å². The topological polar surface area (TPSA) is 88.8 Å². The maximum absolute atomic E-state index is 12.1. The molecule has 1 aliphatic heterocycles. The number of hydrogen-bond donors (Lipinski definition) is 1. The van der Waals surface area contributed by atoms with Gasteiger partial charge in [-0.05, 0) is 61.0 Å². The number of ether oxygens (including phenoxy) is 1. The van der Waals surface area contributed by atoms with E-state index in [4.69, 9.17) is 15.5 Å². The molecule has 0 spiro atoms. The van der Waals surface area contributed by atoms with E-state index in [1.165, 1.54) is 6.08 Å². The standard InChI is InChI=1S/C26H26N4O3/c1-2-24(31)30-17-15-29(16-18-30)23-14-13-22(26(27)32)25(28-23)19-9-11-21(12-10-19)33-20-7-5-3-4-6-8-20/h2-3,5-14H,1,4,15-18H2,(H2,27,32). The summed E-state index contributed by atoms with van der Waals surface area (Å²) >= 11 is 0. The SMILES string of the molecule is C=CC(=O)N1CCN(c2ccc(C(N)=O)c(-c3ccc(OC4=CC=CCC=C4)cc3)n2)CC1. The molecule has 2 N–H and O–H groups in total. The Morgan fingerprint density at radius 3 is 2.48 bits per heavy atom. The first-order valence-corrected chi connectivity index (χ1v) is 10.8. The zero-order chi connectivity index (χ0) is 23.2. The highest BCUT2D eigenvalue weighted by Crippen LogP contribution is 2.28. The molecule has 4 rings (SSSR count). The van der Waals surface area contributed by atoms with E-state index in [2.05, 4.69) is 17.6 Å². The highest BCUT2D eigenvalue weighted by atomic mass is 16.5. The van der Waals surface area contributed by atoms with Gasteiger partial charge in [-0.25, -0.2) is 4.98 Å². The highest BCUT2D eigenvalue weighted by molar-refractivity contribution is 5.99. The van der Waals surface area contributed by atoms with Gasteiger partial charge in [0.25, 0.3) is 5.91 Å². The Bertz CT molecular complexity index is 1140. The summed E-state index contributed by atoms with van der Waals surface area (Å²) in [4.78, 5) is 32.5. The maximum atomic E-state index is 12.1. The fraction of sp³-hybridized carbons (Fsp3) is 0.192. The monoisotopic (exact) mass is 442 g/mol. The second kappa shape index (κ2) is 9.99. The summed E-state index contributed by atoms with van der Waals surface area (Å²) in [5.74, 6) is 1.57. The molecule has 1 aliphatic carbocycles. The van der Waals surface area contributed by atoms with Gasteiger partial charge in [-0.3, -0.25) is 9.59 Å². The number of nitrogens with zero attached hydrogens (tertiary/aromatic N) is 3. The zero-order valence-corrected chi connectivity index (χ0v) is 18.3. The number of carbonyl (C=O) groups is 2. The molecule has 2 heterocycles. The number of aromatic nitrogens is 1. The third-order valence-corrected chi connectivity index (χ3v) is 5.55. The van der Waals surface area contributed by atoms with Gasteiger partial charge in [0.05, 0.1) is 11.3 Å². The Morgan fingerprint density at radius 1 is 1.03 bits per heavy atom. The van der Waals surface area contributed by atoms with Gasteiger partial charge in [-0.2, -0.15) is 0 Å². The van der Waals surface area contributed by atoms with Crippen LogP contribution in [0.4, 0.5) is 5.82 Å². The minimum atomic E-state index is -0.536. The van der Waals surface area contributed by atoms with Gasteiger partial charge >= 0.3 is 0 Å². The number of anilines is 1. The Morgan fingerprint density at radius 2 is 1.79 bits per heavy atom. The second-order valence-corrected chi connectivity index (χ2v) is 7.71. The van der Waals surface area contributed by atoms with Gasteiger partial charge in [0.1, 0.15) is 17.3 Å². The molecule has 1 fully saturated rings. The van der Waals surface area contributed by atoms with Crippen molar-refractivity contribution < 1.29 is 14.3 Å². The molecule has 0 bridgehead atoms. The number of rotatable bonds is 6. The van der Waals surface area contributed by atoms with Crippen LogP contribution in [0.2, 0.25) is 0 Å². The fourth-order valence-corrected chi connectivity index (χ4v) is 3.77. The van der Waals surface area contributed by atoms with Crippen LogP contribution in [0.5, 0.6) is 5.75 Å². The molecule has 1 saturated heterocycles. The van der Waals surface area contributed by atoms with Crippen LogP contribution < -0.4 is 15.4 Å². The molecule has 0 saturated carbocycles. The first kappa shape index (κ1) is 22.1. The molecule has 2 amide bonds. The van der Waals surface area contributed by atoms with E-state index in [1.54, 1.807) is 17.0 Å². The van der Waals surface area contributed by atoms with Crippen molar-refractivity contribution in [3.63, 3.8) is 0 Å². The van der Waals surface area contributed by atoms with E-state index in [-0.39, 0.29) is 5.91 Å². The molecular weight excluding hydrogens is 416 g/mol. The van der Waals surface area contributed by atoms with E-state index in [0.29, 0.717) is 43.2 Å². The summed E-state index contributed by atoms with van der Waals surface area (Å²) in [6.07, 6.45) is 12.1. The van der Waals surface area contributed by atoms with Crippen LogP contribution in [-0.4, -0.2) is 47.9 Å². The largest absolute Gasteiger partial charge is 0.457 e. The molecule has 1 aromatic heterocycles. The predicted octanol–water partition coefficient (Wildman–Crippen LogP) is 3.46. The zero-order valence-electron chi connectivity index (χ0n) is 18.3. The van der Waals surface area contributed by atoms with Crippen molar-refractivity contribution in [2.24, 2.45) is 5.73 Å². The lowest BCUT2D eigenvalue weighted by atomic mass is 10.0. The van der Waals surface area contributed by atoms with Crippen LogP contribution in [-0.2, 0) is 4.79 Å². The Balaban J connectivity index is 1.55. The van der Waals surface area contributed by atoms with Crippen molar-refractivity contribution in [1.29, 1.82) is 0 Å². The van der Waals surface area contributed by atoms with Crippen LogP contribution >= 0.6 is 0 Å². The van der Waals surface area contributed by atoms with Crippen molar-refractivity contribution in [1.82, 2.24) is 9.88 Å². The lowest BCUT2D eigenvalue weighted by Gasteiger charge is -2.35. The number of carbonyl (C=O) groups excluding carboxylic acids is 2. The Hall–Kier alpha value is -4.13. The molecular formula is C26H26N4O3. The number of pyridine rings is 1. The lowest BCUT2D eigenvalue weighted by molar-refractivity contribution is -0.126. The predicted molar refractivity (Wildman–Crippen MR) is 129 cm³/mol. The minimum Gasteiger partial charge on any atom is -0.457 e. The van der Waals surface area contributed by atoms with Crippen LogP contribution in [0.15, 0.2) is 85.2 Å². The molecule has 168 valence electrons. The van der Waals surface area contributed by atoms with Crippen molar-refractivity contribution >= 4 is 17.6 Å². The third kappa shape index (κ3) is 5.20. The third-order valence-electron chi connectivity index (χ3n) is 5.55. The molecule has 7 heteroatoms. The van der Waals surface area contributed by atoms with Crippen LogP contribution in [0.3, 0.4) is 0 Å². The first-order valence-electron chi connectivity index (χ1n) is 10.8. The molecule has 1 aromatic carbocycles. The van der Waals surface area contributed by atoms with Crippen LogP contribution in [0, 0.1) is 0 Å². The molecule has 0 atom stereocenters. The summed E-state index contributed by atoms with van der Waals surface area (Å²) in [5.41, 5.74) is 7.27. The number of primary amides is 1. The van der Waals surface area contributed by atoms with Crippen LogP contribution in [0.25, 0.3) is 11.3 Å². The number of amides is 2. The van der Waals surface area contributed by atoms with Gasteiger partial charge in [-0.15, -0.1) is 0 Å². The van der Waals surface area contributed by atoms with Crippen molar-refractivity contribution in [3.05, 3.63) is 90.8 Å². The number of nitrogens with two attached hydrogens (primary N) is 1. The quantitative estimate of drug-likeness (QED) is 0.692. The molecule has 33 heavy (non-hydrogen) atoms. The Labute approximate surface area is 193 Å². The lowest BCUT2D eigenvalue weighted by Crippen LogP contribution is -2.48. The van der Waals surface area contributed by atoms with Gasteiger partial charge in [-0.1, -0.05) is 24.8 Å². The van der Waals surface area contributed by atoms with E-state index in [0.717, 1.165) is 23.6 Å². The molecule has 2 aromatic rings. The van der Waals surface area contributed by atoms with Crippen molar-refractivity contribution in [2.75, 3.05) is 31.1 Å². The van der Waals surface area contributed by atoms with Gasteiger partial charge < -0.3 is 20.3 Å². The molecule has 0 unspecified atom stereocenters.